The van der Waals surface area contributed by atoms with Crippen LogP contribution in [0.25, 0.3) is 0 Å². The Bertz CT molecular complexity index is 1470. The summed E-state index contributed by atoms with van der Waals surface area (Å²) in [6.07, 6.45) is -0.0860. The second kappa shape index (κ2) is 6.80. The fourth-order valence-corrected chi connectivity index (χ4v) is 5.40. The third-order valence-corrected chi connectivity index (χ3v) is 6.91. The van der Waals surface area contributed by atoms with Crippen molar-refractivity contribution >= 4 is 17.3 Å². The minimum Gasteiger partial charge on any atom is -0.507 e. The van der Waals surface area contributed by atoms with Crippen LogP contribution in [0.5, 0.6) is 5.75 Å². The van der Waals surface area contributed by atoms with Gasteiger partial charge in [-0.3, -0.25) is 9.59 Å². The van der Waals surface area contributed by atoms with E-state index in [-0.39, 0.29) is 33.5 Å². The summed E-state index contributed by atoms with van der Waals surface area (Å²) >= 11 is 0. The van der Waals surface area contributed by atoms with E-state index in [4.69, 9.17) is 4.74 Å². The molecule has 8 nitrogen and oxygen atoms in total. The van der Waals surface area contributed by atoms with Gasteiger partial charge in [0.25, 0.3) is 0 Å². The van der Waals surface area contributed by atoms with Crippen LogP contribution in [0.2, 0.25) is 0 Å². The molecule has 8 heteroatoms. The summed E-state index contributed by atoms with van der Waals surface area (Å²) < 4.78 is 6.05. The number of phenolic OH excluding ortho intramolecular Hbond substituents is 1. The Hall–Kier alpha value is -3.92. The second-order valence-electron chi connectivity index (χ2n) is 8.49. The predicted octanol–water partition coefficient (Wildman–Crippen LogP) is 0.217. The van der Waals surface area contributed by atoms with E-state index in [0.29, 0.717) is 0 Å². The van der Waals surface area contributed by atoms with Gasteiger partial charge in [-0.2, -0.15) is 0 Å². The average molecular weight is 455 g/mol. The van der Waals surface area contributed by atoms with E-state index in [2.05, 4.69) is 29.0 Å². The second-order valence-corrected chi connectivity index (χ2v) is 8.49. The number of aromatic hydroxyl groups is 1. The van der Waals surface area contributed by atoms with Gasteiger partial charge >= 0.3 is 0 Å². The number of ether oxygens (including phenoxy) is 1. The molecule has 0 amide bonds. The third-order valence-electron chi connectivity index (χ3n) is 6.91. The molecule has 2 bridgehead atoms. The lowest BCUT2D eigenvalue weighted by molar-refractivity contribution is 0.0234. The summed E-state index contributed by atoms with van der Waals surface area (Å²) in [7, 11) is 0. The highest BCUT2D eigenvalue weighted by Gasteiger charge is 2.83. The molecule has 0 aromatic heterocycles. The maximum Gasteiger partial charge on any atom is 0.198 e. The topological polar surface area (TPSA) is 140 Å². The first kappa shape index (κ1) is 20.7. The summed E-state index contributed by atoms with van der Waals surface area (Å²) in [6, 6.07) is 6.56. The zero-order valence-electron chi connectivity index (χ0n) is 17.5. The minimum atomic E-state index is -1.72. The number of anilines is 1. The van der Waals surface area contributed by atoms with Gasteiger partial charge in [0.15, 0.2) is 28.9 Å². The van der Waals surface area contributed by atoms with Crippen LogP contribution in [0, 0.1) is 23.7 Å². The van der Waals surface area contributed by atoms with Crippen LogP contribution < -0.4 is 5.32 Å². The molecule has 1 fully saturated rings. The van der Waals surface area contributed by atoms with Gasteiger partial charge in [-0.1, -0.05) is 47.9 Å². The molecule has 2 aliphatic carbocycles. The molecule has 34 heavy (non-hydrogen) atoms. The zero-order valence-corrected chi connectivity index (χ0v) is 17.5. The van der Waals surface area contributed by atoms with Crippen LogP contribution >= 0.6 is 0 Å². The number of phenols is 1. The number of benzene rings is 2. The van der Waals surface area contributed by atoms with E-state index in [0.717, 1.165) is 0 Å². The molecular formula is C26H17NO7. The van der Waals surface area contributed by atoms with Gasteiger partial charge in [-0.15, -0.1) is 0 Å². The molecule has 0 radical (unpaired) electrons. The van der Waals surface area contributed by atoms with E-state index in [1.165, 1.54) is 30.4 Å². The Morgan fingerprint density at radius 3 is 2.38 bits per heavy atom. The normalized spacial score (nSPS) is 30.1. The van der Waals surface area contributed by atoms with Crippen molar-refractivity contribution < 1.29 is 34.8 Å². The first-order valence-corrected chi connectivity index (χ1v) is 10.6. The molecule has 2 heterocycles. The maximum atomic E-state index is 13.6. The number of aliphatic hydroxyl groups excluding tert-OH is 3. The number of hydrogen-bond acceptors (Lipinski definition) is 8. The van der Waals surface area contributed by atoms with E-state index in [1.807, 2.05) is 0 Å². The number of ketones is 2. The lowest BCUT2D eigenvalue weighted by Crippen LogP contribution is -2.56. The number of nitrogens with one attached hydrogen (secondary N) is 1. The van der Waals surface area contributed by atoms with Gasteiger partial charge in [0.2, 0.25) is 0 Å². The number of hydrogen-bond donors (Lipinski definition) is 5. The van der Waals surface area contributed by atoms with Crippen LogP contribution in [-0.4, -0.2) is 62.5 Å². The number of allylic oxidation sites excluding steroid dienone is 2. The van der Waals surface area contributed by atoms with Gasteiger partial charge in [-0.05, 0) is 18.2 Å². The lowest BCUT2D eigenvalue weighted by atomic mass is 9.69. The minimum absolute atomic E-state index is 0.0692. The summed E-state index contributed by atoms with van der Waals surface area (Å²) in [6.45, 7) is -0.700. The number of epoxide rings is 1. The van der Waals surface area contributed by atoms with Crippen molar-refractivity contribution in [2.24, 2.45) is 0 Å². The van der Waals surface area contributed by atoms with Crippen LogP contribution in [-0.2, 0) is 10.3 Å². The Labute approximate surface area is 193 Å². The lowest BCUT2D eigenvalue weighted by Gasteiger charge is -2.38. The first-order valence-electron chi connectivity index (χ1n) is 10.6. The number of aliphatic hydroxyl groups is 3. The molecule has 2 aromatic carbocycles. The largest absolute Gasteiger partial charge is 0.507 e. The number of rotatable bonds is 2. The number of fused-ring (bicyclic) bond motifs is 4. The monoisotopic (exact) mass is 455 g/mol. The Balaban J connectivity index is 1.68. The van der Waals surface area contributed by atoms with Crippen LogP contribution in [0.1, 0.15) is 37.4 Å². The molecule has 5 atom stereocenters. The predicted molar refractivity (Wildman–Crippen MR) is 118 cm³/mol. The van der Waals surface area contributed by atoms with Gasteiger partial charge in [-0.25, -0.2) is 0 Å². The highest BCUT2D eigenvalue weighted by molar-refractivity contribution is 6.31. The zero-order chi connectivity index (χ0) is 23.8. The fraction of sp³-hybridized carbons (Fsp3) is 0.231. The molecule has 0 spiro atoms. The molecule has 1 saturated heterocycles. The number of carbonyl (C=O) groups is 2. The van der Waals surface area contributed by atoms with Crippen molar-refractivity contribution in [2.75, 3.05) is 11.9 Å². The molecule has 5 unspecified atom stereocenters. The Morgan fingerprint density at radius 1 is 1.06 bits per heavy atom. The van der Waals surface area contributed by atoms with Crippen LogP contribution in [0.3, 0.4) is 0 Å². The molecule has 2 aliphatic heterocycles. The highest BCUT2D eigenvalue weighted by atomic mass is 16.7. The van der Waals surface area contributed by atoms with Crippen molar-refractivity contribution in [3.05, 3.63) is 70.3 Å². The first-order chi connectivity index (χ1) is 16.4. The van der Waals surface area contributed by atoms with Crippen molar-refractivity contribution in [1.82, 2.24) is 0 Å². The van der Waals surface area contributed by atoms with Crippen molar-refractivity contribution in [3.8, 4) is 29.4 Å². The SMILES string of the molecule is O=C1c2ccccc2C(=O)c2c3c(cc(O)c21)C12OC1(C(O)CO)C(C#CC=CC#CC2O)N3. The molecule has 2 aromatic rings. The standard InChI is InChI=1S/C26H17NO7/c28-12-19(31)26-17-9-3-1-2-4-10-18(30)25(26,34-26)15-11-16(29)20-21(22(15)27-17)24(33)14-8-6-5-7-13(14)23(20)32/h1-2,5-8,11,17-19,27-31H,12H2. The third kappa shape index (κ3) is 2.28. The van der Waals surface area contributed by atoms with Gasteiger partial charge in [0.1, 0.15) is 17.9 Å². The van der Waals surface area contributed by atoms with Crippen molar-refractivity contribution in [3.63, 3.8) is 0 Å². The molecule has 168 valence electrons. The van der Waals surface area contributed by atoms with E-state index in [9.17, 15) is 30.0 Å². The Kier molecular flexibility index (Phi) is 4.13. The summed E-state index contributed by atoms with van der Waals surface area (Å²) in [4.78, 5) is 26.8. The molecule has 6 rings (SSSR count). The molecule has 5 N–H and O–H groups in total. The van der Waals surface area contributed by atoms with Crippen molar-refractivity contribution in [1.29, 1.82) is 0 Å². The molecular weight excluding hydrogens is 438 g/mol. The Morgan fingerprint density at radius 2 is 1.71 bits per heavy atom. The van der Waals surface area contributed by atoms with E-state index in [1.54, 1.807) is 12.1 Å². The molecule has 4 aliphatic rings. The van der Waals surface area contributed by atoms with Crippen LogP contribution in [0.4, 0.5) is 5.69 Å². The molecule has 0 saturated carbocycles. The number of carbonyl (C=O) groups excluding carboxylic acids is 2. The fourth-order valence-electron chi connectivity index (χ4n) is 5.40. The average Bonchev–Trinajstić information content (AvgIpc) is 3.57. The summed E-state index contributed by atoms with van der Waals surface area (Å²) in [5, 5.41) is 45.8. The van der Waals surface area contributed by atoms with Gasteiger partial charge in [0.05, 0.1) is 23.4 Å². The summed E-state index contributed by atoms with van der Waals surface area (Å²) in [5.41, 5.74) is -2.93. The van der Waals surface area contributed by atoms with E-state index >= 15 is 0 Å². The maximum absolute atomic E-state index is 13.6. The smallest absolute Gasteiger partial charge is 0.198 e. The van der Waals surface area contributed by atoms with Gasteiger partial charge in [0, 0.05) is 16.7 Å². The van der Waals surface area contributed by atoms with Crippen molar-refractivity contribution in [2.45, 2.75) is 29.5 Å². The van der Waals surface area contributed by atoms with Gasteiger partial charge < -0.3 is 30.5 Å². The van der Waals surface area contributed by atoms with E-state index < -0.39 is 53.4 Å². The quantitative estimate of drug-likeness (QED) is 0.210. The summed E-state index contributed by atoms with van der Waals surface area (Å²) in [5.74, 6) is 9.52. The van der Waals surface area contributed by atoms with Crippen LogP contribution in [0.15, 0.2) is 42.5 Å². The highest BCUT2D eigenvalue weighted by Crippen LogP contribution is 2.67.